The standard InChI is InChI=1S/C16H29N3O/c1-11(15(2,3)4)10-18-13-9-8-12(17)14(19-13)20-16(5,6)7/h8-9,11H,10,17H2,1-7H3,(H,18,19). The third-order valence-corrected chi connectivity index (χ3v) is 3.36. The number of nitrogens with zero attached hydrogens (tertiary/aromatic N) is 1. The van der Waals surface area contributed by atoms with Gasteiger partial charge in [0.1, 0.15) is 11.4 Å². The van der Waals surface area contributed by atoms with Crippen molar-refractivity contribution < 1.29 is 4.74 Å². The molecule has 0 fully saturated rings. The van der Waals surface area contributed by atoms with Crippen LogP contribution in [-0.4, -0.2) is 17.1 Å². The number of nitrogens with two attached hydrogens (primary N) is 1. The molecule has 1 aromatic heterocycles. The fraction of sp³-hybridized carbons (Fsp3) is 0.688. The van der Waals surface area contributed by atoms with Gasteiger partial charge in [0.15, 0.2) is 0 Å². The normalized spacial score (nSPS) is 13.9. The average Bonchev–Trinajstić information content (AvgIpc) is 2.26. The van der Waals surface area contributed by atoms with Crippen molar-refractivity contribution in [3.63, 3.8) is 0 Å². The third-order valence-electron chi connectivity index (χ3n) is 3.36. The maximum absolute atomic E-state index is 5.91. The quantitative estimate of drug-likeness (QED) is 0.876. The predicted octanol–water partition coefficient (Wildman–Crippen LogP) is 3.94. The van der Waals surface area contributed by atoms with Crippen molar-refractivity contribution in [1.29, 1.82) is 0 Å². The molecule has 0 aliphatic heterocycles. The van der Waals surface area contributed by atoms with Crippen molar-refractivity contribution in [2.45, 2.75) is 54.1 Å². The topological polar surface area (TPSA) is 60.2 Å². The summed E-state index contributed by atoms with van der Waals surface area (Å²) in [7, 11) is 0. The molecule has 1 unspecified atom stereocenters. The predicted molar refractivity (Wildman–Crippen MR) is 86.1 cm³/mol. The summed E-state index contributed by atoms with van der Waals surface area (Å²) in [6.07, 6.45) is 0. The van der Waals surface area contributed by atoms with E-state index in [1.165, 1.54) is 0 Å². The second kappa shape index (κ2) is 5.90. The number of ether oxygens (including phenoxy) is 1. The monoisotopic (exact) mass is 279 g/mol. The first-order chi connectivity index (χ1) is 8.99. The Bertz CT molecular complexity index is 444. The highest BCUT2D eigenvalue weighted by Crippen LogP contribution is 2.27. The third kappa shape index (κ3) is 5.27. The lowest BCUT2D eigenvalue weighted by molar-refractivity contribution is 0.125. The first kappa shape index (κ1) is 16.6. The van der Waals surface area contributed by atoms with Gasteiger partial charge in [0.2, 0.25) is 5.88 Å². The SMILES string of the molecule is CC(CNc1ccc(N)c(OC(C)(C)C)n1)C(C)(C)C. The van der Waals surface area contributed by atoms with Gasteiger partial charge in [0, 0.05) is 6.54 Å². The molecule has 1 aromatic rings. The number of rotatable bonds is 4. The van der Waals surface area contributed by atoms with Crippen LogP contribution in [0.25, 0.3) is 0 Å². The van der Waals surface area contributed by atoms with E-state index in [9.17, 15) is 0 Å². The highest BCUT2D eigenvalue weighted by molar-refractivity contribution is 5.53. The molecular formula is C16H29N3O. The smallest absolute Gasteiger partial charge is 0.239 e. The Morgan fingerprint density at radius 3 is 2.30 bits per heavy atom. The summed E-state index contributed by atoms with van der Waals surface area (Å²) in [5.74, 6) is 1.83. The van der Waals surface area contributed by atoms with E-state index in [0.29, 0.717) is 17.5 Å². The Morgan fingerprint density at radius 1 is 1.20 bits per heavy atom. The molecule has 20 heavy (non-hydrogen) atoms. The van der Waals surface area contributed by atoms with Gasteiger partial charge >= 0.3 is 0 Å². The van der Waals surface area contributed by atoms with Crippen LogP contribution in [0.2, 0.25) is 0 Å². The van der Waals surface area contributed by atoms with Crippen LogP contribution in [0.4, 0.5) is 11.5 Å². The molecule has 0 aliphatic rings. The number of nitrogens with one attached hydrogen (secondary N) is 1. The van der Waals surface area contributed by atoms with Crippen LogP contribution in [0.1, 0.15) is 48.5 Å². The number of aromatic nitrogens is 1. The first-order valence-corrected chi connectivity index (χ1v) is 7.18. The highest BCUT2D eigenvalue weighted by atomic mass is 16.5. The lowest BCUT2D eigenvalue weighted by Gasteiger charge is -2.27. The number of pyridine rings is 1. The van der Waals surface area contributed by atoms with Crippen molar-refractivity contribution in [3.05, 3.63) is 12.1 Å². The van der Waals surface area contributed by atoms with E-state index >= 15 is 0 Å². The molecule has 0 radical (unpaired) electrons. The summed E-state index contributed by atoms with van der Waals surface area (Å²) >= 11 is 0. The number of hydrogen-bond acceptors (Lipinski definition) is 4. The molecule has 0 bridgehead atoms. The van der Waals surface area contributed by atoms with Gasteiger partial charge < -0.3 is 15.8 Å². The van der Waals surface area contributed by atoms with Crippen molar-refractivity contribution in [2.24, 2.45) is 11.3 Å². The van der Waals surface area contributed by atoms with E-state index in [4.69, 9.17) is 10.5 Å². The van der Waals surface area contributed by atoms with E-state index in [2.05, 4.69) is 38.0 Å². The van der Waals surface area contributed by atoms with Crippen LogP contribution in [0.15, 0.2) is 12.1 Å². The van der Waals surface area contributed by atoms with Crippen molar-refractivity contribution in [1.82, 2.24) is 4.98 Å². The molecule has 3 N–H and O–H groups in total. The summed E-state index contributed by atoms with van der Waals surface area (Å²) in [4.78, 5) is 4.45. The van der Waals surface area contributed by atoms with Crippen LogP contribution >= 0.6 is 0 Å². The van der Waals surface area contributed by atoms with Gasteiger partial charge in [-0.1, -0.05) is 27.7 Å². The Hall–Kier alpha value is -1.45. The van der Waals surface area contributed by atoms with Gasteiger partial charge in [-0.05, 0) is 44.2 Å². The zero-order valence-corrected chi connectivity index (χ0v) is 13.9. The molecule has 0 saturated heterocycles. The molecule has 0 spiro atoms. The molecule has 0 aliphatic carbocycles. The van der Waals surface area contributed by atoms with E-state index in [-0.39, 0.29) is 11.0 Å². The van der Waals surface area contributed by atoms with Crippen molar-refractivity contribution in [3.8, 4) is 5.88 Å². The molecule has 4 nitrogen and oxygen atoms in total. The van der Waals surface area contributed by atoms with E-state index in [1.54, 1.807) is 0 Å². The van der Waals surface area contributed by atoms with E-state index in [1.807, 2.05) is 32.9 Å². The fourth-order valence-electron chi connectivity index (χ4n) is 1.49. The molecular weight excluding hydrogens is 250 g/mol. The maximum atomic E-state index is 5.91. The summed E-state index contributed by atoms with van der Waals surface area (Å²) in [6, 6.07) is 3.72. The Labute approximate surface area is 123 Å². The van der Waals surface area contributed by atoms with Gasteiger partial charge in [0.25, 0.3) is 0 Å². The van der Waals surface area contributed by atoms with Crippen molar-refractivity contribution in [2.75, 3.05) is 17.6 Å². The zero-order chi connectivity index (χ0) is 15.6. The van der Waals surface area contributed by atoms with Crippen molar-refractivity contribution >= 4 is 11.5 Å². The summed E-state index contributed by atoms with van der Waals surface area (Å²) in [6.45, 7) is 15.8. The lowest BCUT2D eigenvalue weighted by atomic mass is 9.82. The molecule has 0 amide bonds. The van der Waals surface area contributed by atoms with Crippen LogP contribution in [-0.2, 0) is 0 Å². The summed E-state index contributed by atoms with van der Waals surface area (Å²) in [5.41, 5.74) is 6.43. The first-order valence-electron chi connectivity index (χ1n) is 7.18. The van der Waals surface area contributed by atoms with E-state index in [0.717, 1.165) is 12.4 Å². The summed E-state index contributed by atoms with van der Waals surface area (Å²) in [5, 5.41) is 3.36. The number of nitrogen functional groups attached to an aromatic ring is 1. The van der Waals surface area contributed by atoms with Crippen LogP contribution < -0.4 is 15.8 Å². The Balaban J connectivity index is 2.76. The van der Waals surface area contributed by atoms with Crippen LogP contribution in [0.5, 0.6) is 5.88 Å². The summed E-state index contributed by atoms with van der Waals surface area (Å²) < 4.78 is 5.77. The van der Waals surface area contributed by atoms with Crippen LogP contribution in [0.3, 0.4) is 0 Å². The lowest BCUT2D eigenvalue weighted by Crippen LogP contribution is -2.26. The molecule has 114 valence electrons. The van der Waals surface area contributed by atoms with Crippen LogP contribution in [0, 0.1) is 11.3 Å². The number of anilines is 2. The molecule has 1 rings (SSSR count). The second-order valence-corrected chi connectivity index (χ2v) is 7.45. The minimum absolute atomic E-state index is 0.269. The average molecular weight is 279 g/mol. The molecule has 0 saturated carbocycles. The largest absolute Gasteiger partial charge is 0.470 e. The fourth-order valence-corrected chi connectivity index (χ4v) is 1.49. The second-order valence-electron chi connectivity index (χ2n) is 7.45. The minimum atomic E-state index is -0.307. The van der Waals surface area contributed by atoms with Gasteiger partial charge in [0.05, 0.1) is 5.69 Å². The molecule has 1 atom stereocenters. The molecule has 1 heterocycles. The minimum Gasteiger partial charge on any atom is -0.470 e. The number of hydrogen-bond donors (Lipinski definition) is 2. The van der Waals surface area contributed by atoms with Gasteiger partial charge in [-0.25, -0.2) is 0 Å². The van der Waals surface area contributed by atoms with Gasteiger partial charge in [-0.3, -0.25) is 0 Å². The zero-order valence-electron chi connectivity index (χ0n) is 13.9. The van der Waals surface area contributed by atoms with Gasteiger partial charge in [-0.2, -0.15) is 4.98 Å². The maximum Gasteiger partial charge on any atom is 0.239 e. The highest BCUT2D eigenvalue weighted by Gasteiger charge is 2.20. The molecule has 0 aromatic carbocycles. The van der Waals surface area contributed by atoms with Gasteiger partial charge in [-0.15, -0.1) is 0 Å². The van der Waals surface area contributed by atoms with E-state index < -0.39 is 0 Å². The Kier molecular flexibility index (Phi) is 4.90. The molecule has 4 heteroatoms. The Morgan fingerprint density at radius 2 is 1.80 bits per heavy atom.